The Morgan fingerprint density at radius 2 is 1.48 bits per heavy atom. The van der Waals surface area contributed by atoms with Crippen molar-refractivity contribution in [1.29, 1.82) is 0 Å². The molecule has 0 aliphatic heterocycles. The van der Waals surface area contributed by atoms with E-state index in [9.17, 15) is 0 Å². The highest BCUT2D eigenvalue weighted by atomic mass is 16.5. The summed E-state index contributed by atoms with van der Waals surface area (Å²) in [5.74, 6) is -1.59. The monoisotopic (exact) mass is 357 g/mol. The van der Waals surface area contributed by atoms with Crippen molar-refractivity contribution in [2.24, 2.45) is 0 Å². The maximum Gasteiger partial charge on any atom is 0.414 e. The number of hydrogen-bond acceptors (Lipinski definition) is 6. The highest BCUT2D eigenvalue weighted by Gasteiger charge is 2.13. The molecule has 0 unspecified atom stereocenters. The van der Waals surface area contributed by atoms with Gasteiger partial charge in [0.25, 0.3) is 0 Å². The molecule has 0 radical (unpaired) electrons. The number of nitrogens with zero attached hydrogens (tertiary/aromatic N) is 1. The Morgan fingerprint density at radius 3 is 1.80 bits per heavy atom. The fourth-order valence-corrected chi connectivity index (χ4v) is 2.05. The minimum Gasteiger partial charge on any atom is -0.493 e. The number of benzene rings is 1. The van der Waals surface area contributed by atoms with Gasteiger partial charge >= 0.3 is 11.9 Å². The first-order valence-corrected chi connectivity index (χ1v) is 7.74. The zero-order valence-electron chi connectivity index (χ0n) is 15.4. The van der Waals surface area contributed by atoms with Gasteiger partial charge in [-0.3, -0.25) is 0 Å². The van der Waals surface area contributed by atoms with Crippen LogP contribution in [0.4, 0.5) is 0 Å². The summed E-state index contributed by atoms with van der Waals surface area (Å²) in [5, 5.41) is 14.8. The van der Waals surface area contributed by atoms with Gasteiger partial charge in [-0.15, -0.1) is 0 Å². The number of carbonyl (C=O) groups is 2. The summed E-state index contributed by atoms with van der Waals surface area (Å²) in [7, 11) is 7.02. The molecule has 0 saturated heterocycles. The van der Waals surface area contributed by atoms with E-state index in [0.717, 1.165) is 18.7 Å². The van der Waals surface area contributed by atoms with Crippen LogP contribution in [0.15, 0.2) is 12.1 Å². The highest BCUT2D eigenvalue weighted by Crippen LogP contribution is 2.38. The van der Waals surface area contributed by atoms with Crippen molar-refractivity contribution in [3.05, 3.63) is 17.7 Å². The van der Waals surface area contributed by atoms with Gasteiger partial charge in [0, 0.05) is 6.54 Å². The van der Waals surface area contributed by atoms with E-state index in [-0.39, 0.29) is 0 Å². The Bertz CT molecular complexity index is 523. The molecule has 25 heavy (non-hydrogen) atoms. The van der Waals surface area contributed by atoms with Crippen LogP contribution in [0.3, 0.4) is 0 Å². The van der Waals surface area contributed by atoms with E-state index in [1.165, 1.54) is 12.8 Å². The Hall–Kier alpha value is -2.48. The zero-order valence-corrected chi connectivity index (χ0v) is 15.4. The molecule has 1 aromatic rings. The van der Waals surface area contributed by atoms with Gasteiger partial charge in [0.1, 0.15) is 0 Å². The van der Waals surface area contributed by atoms with Gasteiger partial charge in [-0.1, -0.05) is 13.3 Å². The summed E-state index contributed by atoms with van der Waals surface area (Å²) in [6.45, 7) is 4.16. The van der Waals surface area contributed by atoms with Crippen LogP contribution < -0.4 is 14.2 Å². The molecule has 0 atom stereocenters. The third-order valence-corrected chi connectivity index (χ3v) is 3.25. The molecule has 0 aliphatic rings. The molecule has 0 aromatic heterocycles. The number of hydrogen-bond donors (Lipinski definition) is 2. The van der Waals surface area contributed by atoms with Crippen LogP contribution in [0.25, 0.3) is 0 Å². The van der Waals surface area contributed by atoms with Gasteiger partial charge in [0.05, 0.1) is 21.3 Å². The van der Waals surface area contributed by atoms with Crippen molar-refractivity contribution in [2.45, 2.75) is 26.3 Å². The fraction of sp³-hybridized carbons (Fsp3) is 0.529. The number of rotatable bonds is 8. The van der Waals surface area contributed by atoms with Gasteiger partial charge in [-0.2, -0.15) is 0 Å². The number of unbranched alkanes of at least 4 members (excludes halogenated alkanes) is 1. The van der Waals surface area contributed by atoms with Gasteiger partial charge in [-0.05, 0) is 37.7 Å². The zero-order chi connectivity index (χ0) is 19.4. The van der Waals surface area contributed by atoms with Gasteiger partial charge in [-0.25, -0.2) is 9.59 Å². The van der Waals surface area contributed by atoms with Crippen molar-refractivity contribution in [1.82, 2.24) is 4.90 Å². The Kier molecular flexibility index (Phi) is 10.8. The average Bonchev–Trinajstić information content (AvgIpc) is 2.59. The van der Waals surface area contributed by atoms with Gasteiger partial charge in [0.2, 0.25) is 5.75 Å². The molecule has 0 amide bonds. The van der Waals surface area contributed by atoms with Crippen molar-refractivity contribution in [3.8, 4) is 17.2 Å². The molecule has 1 rings (SSSR count). The minimum atomic E-state index is -1.82. The van der Waals surface area contributed by atoms with E-state index in [2.05, 4.69) is 18.9 Å². The predicted molar refractivity (Wildman–Crippen MR) is 92.6 cm³/mol. The molecule has 0 heterocycles. The second kappa shape index (κ2) is 12.0. The maximum atomic E-state index is 9.10. The average molecular weight is 357 g/mol. The number of ether oxygens (including phenoxy) is 3. The number of carboxylic acids is 2. The topological polar surface area (TPSA) is 106 Å². The van der Waals surface area contributed by atoms with Crippen molar-refractivity contribution in [2.75, 3.05) is 34.9 Å². The molecule has 1 aromatic carbocycles. The van der Waals surface area contributed by atoms with Crippen LogP contribution in [0.1, 0.15) is 25.3 Å². The molecule has 8 heteroatoms. The lowest BCUT2D eigenvalue weighted by atomic mass is 10.1. The van der Waals surface area contributed by atoms with E-state index in [1.807, 2.05) is 12.1 Å². The van der Waals surface area contributed by atoms with E-state index < -0.39 is 11.9 Å². The van der Waals surface area contributed by atoms with Crippen LogP contribution >= 0.6 is 0 Å². The fourth-order valence-electron chi connectivity index (χ4n) is 2.05. The Morgan fingerprint density at radius 1 is 1.00 bits per heavy atom. The Balaban J connectivity index is 0.000000823. The third kappa shape index (κ3) is 8.25. The maximum absolute atomic E-state index is 9.10. The number of carboxylic acid groups (broad SMARTS) is 2. The summed E-state index contributed by atoms with van der Waals surface area (Å²) >= 11 is 0. The molecule has 0 bridgehead atoms. The van der Waals surface area contributed by atoms with Gasteiger partial charge < -0.3 is 29.3 Å². The number of aliphatic carboxylic acids is 2. The number of methoxy groups -OCH3 is 3. The van der Waals surface area contributed by atoms with E-state index in [0.29, 0.717) is 17.2 Å². The SMILES string of the molecule is CCCCN(C)Cc1cc(OC)c(OC)c(OC)c1.O=C(O)C(=O)O. The lowest BCUT2D eigenvalue weighted by Gasteiger charge is -2.19. The largest absolute Gasteiger partial charge is 0.493 e. The second-order valence-corrected chi connectivity index (χ2v) is 5.24. The van der Waals surface area contributed by atoms with Crippen LogP contribution in [0.2, 0.25) is 0 Å². The van der Waals surface area contributed by atoms with E-state index in [1.54, 1.807) is 21.3 Å². The molecule has 2 N–H and O–H groups in total. The predicted octanol–water partition coefficient (Wildman–Crippen LogP) is 2.10. The minimum absolute atomic E-state index is 0.643. The van der Waals surface area contributed by atoms with E-state index >= 15 is 0 Å². The molecule has 0 fully saturated rings. The summed E-state index contributed by atoms with van der Waals surface area (Å²) in [6.07, 6.45) is 2.42. The van der Waals surface area contributed by atoms with Crippen molar-refractivity contribution < 1.29 is 34.0 Å². The standard InChI is InChI=1S/C15H25NO3.C2H2O4/c1-6-7-8-16(2)11-12-9-13(17-3)15(19-5)14(10-12)18-4;3-1(4)2(5)6/h9-10H,6-8,11H2,1-5H3;(H,3,4)(H,5,6). The second-order valence-electron chi connectivity index (χ2n) is 5.24. The lowest BCUT2D eigenvalue weighted by molar-refractivity contribution is -0.159. The van der Waals surface area contributed by atoms with Gasteiger partial charge in [0.15, 0.2) is 11.5 Å². The molecule has 142 valence electrons. The first-order valence-electron chi connectivity index (χ1n) is 7.74. The molecule has 8 nitrogen and oxygen atoms in total. The van der Waals surface area contributed by atoms with Crippen LogP contribution in [-0.2, 0) is 16.1 Å². The molecule has 0 aliphatic carbocycles. The van der Waals surface area contributed by atoms with Crippen molar-refractivity contribution in [3.63, 3.8) is 0 Å². The lowest BCUT2D eigenvalue weighted by Crippen LogP contribution is -2.19. The summed E-state index contributed by atoms with van der Waals surface area (Å²) in [5.41, 5.74) is 1.16. The third-order valence-electron chi connectivity index (χ3n) is 3.25. The van der Waals surface area contributed by atoms with Crippen LogP contribution in [-0.4, -0.2) is 62.0 Å². The molecule has 0 saturated carbocycles. The van der Waals surface area contributed by atoms with E-state index in [4.69, 9.17) is 34.0 Å². The normalized spacial score (nSPS) is 9.84. The summed E-state index contributed by atoms with van der Waals surface area (Å²) in [6, 6.07) is 4.01. The van der Waals surface area contributed by atoms with Crippen molar-refractivity contribution >= 4 is 11.9 Å². The molecular formula is C17H27NO7. The summed E-state index contributed by atoms with van der Waals surface area (Å²) < 4.78 is 16.0. The molecule has 0 spiro atoms. The quantitative estimate of drug-likeness (QED) is 0.682. The van der Waals surface area contributed by atoms with Crippen LogP contribution in [0.5, 0.6) is 17.2 Å². The summed E-state index contributed by atoms with van der Waals surface area (Å²) in [4.78, 5) is 20.5. The highest BCUT2D eigenvalue weighted by molar-refractivity contribution is 6.27. The first kappa shape index (κ1) is 22.5. The Labute approximate surface area is 147 Å². The van der Waals surface area contributed by atoms with Crippen LogP contribution in [0, 0.1) is 0 Å². The molecular weight excluding hydrogens is 330 g/mol. The first-order chi connectivity index (χ1) is 11.8. The smallest absolute Gasteiger partial charge is 0.414 e.